The minimum Gasteiger partial charge on any atom is -0.321 e. The highest BCUT2D eigenvalue weighted by molar-refractivity contribution is 5.75. The van der Waals surface area contributed by atoms with E-state index in [1.165, 1.54) is 6.07 Å². The molecule has 0 saturated heterocycles. The van der Waals surface area contributed by atoms with E-state index in [0.29, 0.717) is 23.7 Å². The first-order valence-corrected chi connectivity index (χ1v) is 7.37. The second-order valence-electron chi connectivity index (χ2n) is 5.39. The molecule has 0 aliphatic rings. The van der Waals surface area contributed by atoms with Gasteiger partial charge in [0.05, 0.1) is 30.0 Å². The Morgan fingerprint density at radius 1 is 1.12 bits per heavy atom. The lowest BCUT2D eigenvalue weighted by atomic mass is 10.2. The van der Waals surface area contributed by atoms with Crippen LogP contribution in [0, 0.1) is 5.82 Å². The fourth-order valence-electron chi connectivity index (χ4n) is 2.45. The standard InChI is InChI=1S/C16H14FN7/c1-23-10-13(8-19-23)21-16-18-6-12-7-20-24(15(12)22-16)9-11-4-2-3-5-14(11)17/h2-8,10H,9H2,1H3,(H,18,21,22). The molecule has 0 aliphatic heterocycles. The Kier molecular flexibility index (Phi) is 3.42. The number of hydrogen-bond acceptors (Lipinski definition) is 5. The van der Waals surface area contributed by atoms with Crippen LogP contribution in [0.15, 0.2) is 49.1 Å². The van der Waals surface area contributed by atoms with Gasteiger partial charge in [-0.25, -0.2) is 14.1 Å². The molecule has 3 aromatic heterocycles. The van der Waals surface area contributed by atoms with Gasteiger partial charge in [-0.05, 0) is 6.07 Å². The van der Waals surface area contributed by atoms with Crippen LogP contribution >= 0.6 is 0 Å². The van der Waals surface area contributed by atoms with Gasteiger partial charge < -0.3 is 5.32 Å². The first-order chi connectivity index (χ1) is 11.7. The lowest BCUT2D eigenvalue weighted by Gasteiger charge is -2.06. The maximum Gasteiger partial charge on any atom is 0.229 e. The van der Waals surface area contributed by atoms with E-state index in [-0.39, 0.29) is 5.82 Å². The molecular formula is C16H14FN7. The average molecular weight is 323 g/mol. The Bertz CT molecular complexity index is 1000. The number of halogens is 1. The highest BCUT2D eigenvalue weighted by atomic mass is 19.1. The van der Waals surface area contributed by atoms with Crippen molar-refractivity contribution in [2.45, 2.75) is 6.54 Å². The number of aromatic nitrogens is 6. The van der Waals surface area contributed by atoms with E-state index in [1.54, 1.807) is 46.2 Å². The van der Waals surface area contributed by atoms with E-state index in [9.17, 15) is 4.39 Å². The van der Waals surface area contributed by atoms with Gasteiger partial charge in [0, 0.05) is 25.0 Å². The van der Waals surface area contributed by atoms with Gasteiger partial charge in [0.15, 0.2) is 5.65 Å². The number of fused-ring (bicyclic) bond motifs is 1. The molecule has 0 fully saturated rings. The summed E-state index contributed by atoms with van der Waals surface area (Å²) in [6, 6.07) is 6.64. The van der Waals surface area contributed by atoms with E-state index in [1.807, 2.05) is 13.2 Å². The molecule has 24 heavy (non-hydrogen) atoms. The summed E-state index contributed by atoms with van der Waals surface area (Å²) in [5, 5.41) is 12.3. The van der Waals surface area contributed by atoms with Crippen molar-refractivity contribution in [1.29, 1.82) is 0 Å². The quantitative estimate of drug-likeness (QED) is 0.624. The molecule has 0 atom stereocenters. The predicted octanol–water partition coefficient (Wildman–Crippen LogP) is 2.49. The Labute approximate surface area is 136 Å². The van der Waals surface area contributed by atoms with Crippen LogP contribution in [-0.2, 0) is 13.6 Å². The summed E-state index contributed by atoms with van der Waals surface area (Å²) in [5.74, 6) is 0.176. The Morgan fingerprint density at radius 2 is 2.00 bits per heavy atom. The number of rotatable bonds is 4. The van der Waals surface area contributed by atoms with Crippen LogP contribution in [0.3, 0.4) is 0 Å². The van der Waals surface area contributed by atoms with Crippen LogP contribution in [0.1, 0.15) is 5.56 Å². The van der Waals surface area contributed by atoms with Gasteiger partial charge in [-0.1, -0.05) is 18.2 Å². The molecule has 0 radical (unpaired) electrons. The van der Waals surface area contributed by atoms with E-state index >= 15 is 0 Å². The summed E-state index contributed by atoms with van der Waals surface area (Å²) >= 11 is 0. The number of aryl methyl sites for hydroxylation is 1. The number of nitrogens with one attached hydrogen (secondary N) is 1. The topological polar surface area (TPSA) is 73.5 Å². The molecule has 0 bridgehead atoms. The molecule has 0 unspecified atom stereocenters. The fraction of sp³-hybridized carbons (Fsp3) is 0.125. The normalized spacial score (nSPS) is 11.1. The molecule has 3 heterocycles. The van der Waals surface area contributed by atoms with Crippen molar-refractivity contribution in [1.82, 2.24) is 29.5 Å². The van der Waals surface area contributed by atoms with Crippen molar-refractivity contribution in [3.63, 3.8) is 0 Å². The second kappa shape index (κ2) is 5.73. The summed E-state index contributed by atoms with van der Waals surface area (Å²) < 4.78 is 17.2. The van der Waals surface area contributed by atoms with Crippen molar-refractivity contribution >= 4 is 22.7 Å². The molecule has 4 rings (SSSR count). The third kappa shape index (κ3) is 2.69. The zero-order chi connectivity index (χ0) is 16.5. The van der Waals surface area contributed by atoms with E-state index in [2.05, 4.69) is 25.5 Å². The van der Waals surface area contributed by atoms with Crippen LogP contribution in [0.5, 0.6) is 0 Å². The van der Waals surface area contributed by atoms with Crippen LogP contribution in [0.25, 0.3) is 11.0 Å². The lowest BCUT2D eigenvalue weighted by molar-refractivity contribution is 0.589. The van der Waals surface area contributed by atoms with Crippen molar-refractivity contribution in [3.05, 3.63) is 60.4 Å². The molecule has 7 nitrogen and oxygen atoms in total. The molecule has 120 valence electrons. The first-order valence-electron chi connectivity index (χ1n) is 7.37. The molecule has 0 spiro atoms. The van der Waals surface area contributed by atoms with Crippen LogP contribution in [0.2, 0.25) is 0 Å². The summed E-state index contributed by atoms with van der Waals surface area (Å²) in [4.78, 5) is 8.75. The Morgan fingerprint density at radius 3 is 2.79 bits per heavy atom. The average Bonchev–Trinajstić information content (AvgIpc) is 3.16. The largest absolute Gasteiger partial charge is 0.321 e. The number of anilines is 2. The highest BCUT2D eigenvalue weighted by Gasteiger charge is 2.10. The van der Waals surface area contributed by atoms with Gasteiger partial charge in [-0.2, -0.15) is 15.2 Å². The SMILES string of the molecule is Cn1cc(Nc2ncc3cnn(Cc4ccccc4F)c3n2)cn1. The van der Waals surface area contributed by atoms with Crippen LogP contribution < -0.4 is 5.32 Å². The summed E-state index contributed by atoms with van der Waals surface area (Å²) in [6.45, 7) is 0.305. The molecule has 0 aliphatic carbocycles. The minimum atomic E-state index is -0.260. The third-order valence-corrected chi connectivity index (χ3v) is 3.62. The fourth-order valence-corrected chi connectivity index (χ4v) is 2.45. The summed E-state index contributed by atoms with van der Waals surface area (Å²) in [7, 11) is 1.83. The second-order valence-corrected chi connectivity index (χ2v) is 5.39. The molecule has 1 aromatic carbocycles. The maximum absolute atomic E-state index is 13.9. The highest BCUT2D eigenvalue weighted by Crippen LogP contribution is 2.17. The lowest BCUT2D eigenvalue weighted by Crippen LogP contribution is -2.05. The smallest absolute Gasteiger partial charge is 0.229 e. The van der Waals surface area contributed by atoms with Crippen molar-refractivity contribution in [2.75, 3.05) is 5.32 Å². The number of hydrogen-bond donors (Lipinski definition) is 1. The molecule has 0 amide bonds. The minimum absolute atomic E-state index is 0.260. The third-order valence-electron chi connectivity index (χ3n) is 3.62. The number of nitrogens with zero attached hydrogens (tertiary/aromatic N) is 6. The van der Waals surface area contributed by atoms with Crippen LogP contribution in [0.4, 0.5) is 16.0 Å². The van der Waals surface area contributed by atoms with Gasteiger partial charge in [0.1, 0.15) is 5.82 Å². The maximum atomic E-state index is 13.9. The monoisotopic (exact) mass is 323 g/mol. The van der Waals surface area contributed by atoms with Gasteiger partial charge in [0.25, 0.3) is 0 Å². The van der Waals surface area contributed by atoms with Gasteiger partial charge in [0.2, 0.25) is 5.95 Å². The summed E-state index contributed by atoms with van der Waals surface area (Å²) in [6.07, 6.45) is 6.87. The zero-order valence-electron chi connectivity index (χ0n) is 12.9. The van der Waals surface area contributed by atoms with Gasteiger partial charge in [-0.3, -0.25) is 4.68 Å². The van der Waals surface area contributed by atoms with E-state index < -0.39 is 0 Å². The molecule has 8 heteroatoms. The van der Waals surface area contributed by atoms with Crippen molar-refractivity contribution < 1.29 is 4.39 Å². The molecule has 0 saturated carbocycles. The first kappa shape index (κ1) is 14.3. The number of benzene rings is 1. The van der Waals surface area contributed by atoms with Crippen molar-refractivity contribution in [2.24, 2.45) is 7.05 Å². The molecule has 1 N–H and O–H groups in total. The van der Waals surface area contributed by atoms with Crippen molar-refractivity contribution in [3.8, 4) is 0 Å². The predicted molar refractivity (Wildman–Crippen MR) is 87.3 cm³/mol. The van der Waals surface area contributed by atoms with E-state index in [0.717, 1.165) is 11.1 Å². The summed E-state index contributed by atoms with van der Waals surface area (Å²) in [5.41, 5.74) is 1.99. The zero-order valence-corrected chi connectivity index (χ0v) is 12.9. The molecule has 4 aromatic rings. The molecular weight excluding hydrogens is 309 g/mol. The Hall–Kier alpha value is -3.29. The van der Waals surface area contributed by atoms with Gasteiger partial charge >= 0.3 is 0 Å². The van der Waals surface area contributed by atoms with Crippen LogP contribution in [-0.4, -0.2) is 29.5 Å². The van der Waals surface area contributed by atoms with E-state index in [4.69, 9.17) is 0 Å². The van der Waals surface area contributed by atoms with Gasteiger partial charge in [-0.15, -0.1) is 0 Å². The Balaban J connectivity index is 1.67.